The molecule has 1 aliphatic heterocycles. The number of nitrogens with zero attached hydrogens (tertiary/aromatic N) is 2. The summed E-state index contributed by atoms with van der Waals surface area (Å²) in [6.45, 7) is 7.05. The minimum atomic E-state index is 0.469. The van der Waals surface area contributed by atoms with Crippen LogP contribution < -0.4 is 0 Å². The minimum absolute atomic E-state index is 0.469. The molecular weight excluding hydrogens is 436 g/mol. The lowest BCUT2D eigenvalue weighted by Crippen LogP contribution is -2.26. The van der Waals surface area contributed by atoms with Crippen LogP contribution in [-0.4, -0.2) is 12.4 Å². The molecule has 0 N–H and O–H groups in total. The lowest BCUT2D eigenvalue weighted by Gasteiger charge is -2.29. The largest absolute Gasteiger partial charge is 0.244 e. The average Bonchev–Trinajstić information content (AvgIpc) is 3.42. The molecule has 1 aromatic carbocycles. The van der Waals surface area contributed by atoms with Gasteiger partial charge in [0.25, 0.3) is 0 Å². The molecule has 1 aliphatic rings. The zero-order valence-corrected chi connectivity index (χ0v) is 24.1. The maximum absolute atomic E-state index is 4.65. The molecule has 0 bridgehead atoms. The third-order valence-corrected chi connectivity index (χ3v) is 8.12. The Balaban J connectivity index is 1.53. The molecule has 0 saturated heterocycles. The summed E-state index contributed by atoms with van der Waals surface area (Å²) in [5, 5.41) is 0. The van der Waals surface area contributed by atoms with Crippen LogP contribution in [0.25, 0.3) is 0 Å². The van der Waals surface area contributed by atoms with Crippen molar-refractivity contribution < 1.29 is 0 Å². The Kier molecular flexibility index (Phi) is 17.4. The molecule has 202 valence electrons. The van der Waals surface area contributed by atoms with Gasteiger partial charge in [-0.25, -0.2) is 0 Å². The van der Waals surface area contributed by atoms with Gasteiger partial charge in [0, 0.05) is 0 Å². The van der Waals surface area contributed by atoms with Gasteiger partial charge in [0.15, 0.2) is 12.4 Å². The van der Waals surface area contributed by atoms with Gasteiger partial charge in [-0.05, 0) is 30.2 Å². The number of benzene rings is 1. The van der Waals surface area contributed by atoms with Crippen LogP contribution in [0.5, 0.6) is 0 Å². The molecule has 0 radical (unpaired) electrons. The van der Waals surface area contributed by atoms with Crippen LogP contribution in [0.1, 0.15) is 142 Å². The molecule has 0 aromatic heterocycles. The fraction of sp³-hybridized carbons (Fsp3) is 0.735. The highest BCUT2D eigenvalue weighted by molar-refractivity contribution is 6.18. The van der Waals surface area contributed by atoms with Crippen LogP contribution in [0.2, 0.25) is 0 Å². The molecule has 2 heteroatoms. The van der Waals surface area contributed by atoms with Crippen molar-refractivity contribution in [2.24, 2.45) is 27.7 Å². The van der Waals surface area contributed by atoms with Crippen molar-refractivity contribution in [3.05, 3.63) is 42.1 Å². The first kappa shape index (κ1) is 30.7. The van der Waals surface area contributed by atoms with Crippen molar-refractivity contribution >= 4 is 12.4 Å². The predicted octanol–water partition coefficient (Wildman–Crippen LogP) is 10.8. The maximum atomic E-state index is 4.65. The van der Waals surface area contributed by atoms with Gasteiger partial charge in [-0.3, -0.25) is 0 Å². The van der Waals surface area contributed by atoms with E-state index in [1.54, 1.807) is 0 Å². The molecule has 0 saturated carbocycles. The highest BCUT2D eigenvalue weighted by atomic mass is 15.0. The van der Waals surface area contributed by atoms with Crippen molar-refractivity contribution in [2.75, 3.05) is 0 Å². The SMILES string of the molecule is CCCCCCCCCCCCCCCCCCCC([C+]1N=CC=N1)C(Cc1ccccc1)C(C)C. The number of hydrogen-bond donors (Lipinski definition) is 0. The lowest BCUT2D eigenvalue weighted by molar-refractivity contribution is 0.240. The molecule has 2 rings (SSSR count). The first-order valence-corrected chi connectivity index (χ1v) is 15.7. The Bertz CT molecular complexity index is 666. The Labute approximate surface area is 224 Å². The summed E-state index contributed by atoms with van der Waals surface area (Å²) in [5.74, 6) is 1.69. The second-order valence-electron chi connectivity index (χ2n) is 11.6. The van der Waals surface area contributed by atoms with Crippen molar-refractivity contribution in [1.29, 1.82) is 0 Å². The van der Waals surface area contributed by atoms with Crippen LogP contribution in [0.3, 0.4) is 0 Å². The molecule has 2 atom stereocenters. The molecule has 0 spiro atoms. The van der Waals surface area contributed by atoms with Gasteiger partial charge in [0.05, 0.1) is 5.92 Å². The lowest BCUT2D eigenvalue weighted by atomic mass is 9.75. The zero-order valence-electron chi connectivity index (χ0n) is 24.1. The molecule has 2 unspecified atom stereocenters. The van der Waals surface area contributed by atoms with E-state index >= 15 is 0 Å². The van der Waals surface area contributed by atoms with Gasteiger partial charge in [-0.1, -0.05) is 170 Å². The first-order chi connectivity index (χ1) is 17.7. The summed E-state index contributed by atoms with van der Waals surface area (Å²) in [7, 11) is 0. The number of rotatable bonds is 23. The van der Waals surface area contributed by atoms with Gasteiger partial charge in [-0.2, -0.15) is 0 Å². The Morgan fingerprint density at radius 1 is 0.611 bits per heavy atom. The normalized spacial score (nSPS) is 14.7. The molecule has 1 heterocycles. The second-order valence-corrected chi connectivity index (χ2v) is 11.6. The second kappa shape index (κ2) is 20.5. The molecule has 0 fully saturated rings. The van der Waals surface area contributed by atoms with Crippen molar-refractivity contribution in [3.63, 3.8) is 0 Å². The fourth-order valence-corrected chi connectivity index (χ4v) is 5.80. The summed E-state index contributed by atoms with van der Waals surface area (Å²) < 4.78 is 0. The Morgan fingerprint density at radius 3 is 1.50 bits per heavy atom. The van der Waals surface area contributed by atoms with E-state index in [0.717, 1.165) is 12.6 Å². The quantitative estimate of drug-likeness (QED) is 0.107. The van der Waals surface area contributed by atoms with E-state index in [2.05, 4.69) is 61.1 Å². The average molecular weight is 494 g/mol. The summed E-state index contributed by atoms with van der Waals surface area (Å²) >= 11 is 0. The highest BCUT2D eigenvalue weighted by Gasteiger charge is 2.36. The van der Waals surface area contributed by atoms with E-state index in [1.807, 2.05) is 12.4 Å². The van der Waals surface area contributed by atoms with Crippen molar-refractivity contribution in [3.8, 4) is 0 Å². The van der Waals surface area contributed by atoms with Crippen LogP contribution in [-0.2, 0) is 6.42 Å². The van der Waals surface area contributed by atoms with Crippen LogP contribution in [0.4, 0.5) is 0 Å². The zero-order chi connectivity index (χ0) is 25.7. The monoisotopic (exact) mass is 493 g/mol. The van der Waals surface area contributed by atoms with Crippen LogP contribution in [0.15, 0.2) is 40.3 Å². The van der Waals surface area contributed by atoms with Gasteiger partial charge < -0.3 is 0 Å². The molecule has 0 aliphatic carbocycles. The maximum Gasteiger partial charge on any atom is 0.244 e. The smallest absolute Gasteiger partial charge is 0.0965 e. The van der Waals surface area contributed by atoms with Crippen LogP contribution in [0, 0.1) is 23.9 Å². The summed E-state index contributed by atoms with van der Waals surface area (Å²) in [5.41, 5.74) is 1.44. The van der Waals surface area contributed by atoms with Gasteiger partial charge in [-0.15, -0.1) is 0 Å². The molecule has 2 nitrogen and oxygen atoms in total. The molecule has 1 aromatic rings. The summed E-state index contributed by atoms with van der Waals surface area (Å²) in [6, 6.07) is 11.0. The minimum Gasteiger partial charge on any atom is -0.0965 e. The highest BCUT2D eigenvalue weighted by Crippen LogP contribution is 2.37. The number of aliphatic imine (C=N–C) groups is 2. The first-order valence-electron chi connectivity index (χ1n) is 15.7. The summed E-state index contributed by atoms with van der Waals surface area (Å²) in [6.07, 6.45) is 31.4. The third kappa shape index (κ3) is 13.7. The van der Waals surface area contributed by atoms with E-state index in [9.17, 15) is 0 Å². The standard InChI is InChI=1S/C34H57N2/c1-4-5-6-7-8-9-10-11-12-13-14-15-16-17-18-19-23-26-32(34-35-27-28-36-34)33(30(2)3)29-31-24-21-20-22-25-31/h20-22,24-25,27-28,30,32-33H,4-19,23,26,29H2,1-3H3/q+1. The fourth-order valence-electron chi connectivity index (χ4n) is 5.80. The Morgan fingerprint density at radius 2 is 1.06 bits per heavy atom. The van der Waals surface area contributed by atoms with Gasteiger partial charge in [0.2, 0.25) is 6.17 Å². The van der Waals surface area contributed by atoms with Gasteiger partial charge >= 0.3 is 0 Å². The van der Waals surface area contributed by atoms with Crippen molar-refractivity contribution in [2.45, 2.75) is 143 Å². The topological polar surface area (TPSA) is 24.7 Å². The molecule has 36 heavy (non-hydrogen) atoms. The summed E-state index contributed by atoms with van der Waals surface area (Å²) in [4.78, 5) is 9.29. The van der Waals surface area contributed by atoms with E-state index in [1.165, 1.54) is 121 Å². The van der Waals surface area contributed by atoms with E-state index in [4.69, 9.17) is 0 Å². The van der Waals surface area contributed by atoms with E-state index in [0.29, 0.717) is 17.8 Å². The van der Waals surface area contributed by atoms with Crippen LogP contribution >= 0.6 is 0 Å². The third-order valence-electron chi connectivity index (χ3n) is 8.12. The predicted molar refractivity (Wildman–Crippen MR) is 161 cm³/mol. The number of hydrogen-bond acceptors (Lipinski definition) is 2. The van der Waals surface area contributed by atoms with E-state index in [-0.39, 0.29) is 0 Å². The number of unbranched alkanes of at least 4 members (excludes halogenated alkanes) is 16. The Hall–Kier alpha value is -1.57. The molecular formula is C34H57N2+. The van der Waals surface area contributed by atoms with Gasteiger partial charge in [0.1, 0.15) is 0 Å². The van der Waals surface area contributed by atoms with Crippen molar-refractivity contribution in [1.82, 2.24) is 0 Å². The molecule has 0 amide bonds. The van der Waals surface area contributed by atoms with E-state index < -0.39 is 0 Å².